The standard InChI is InChI=1S/C30H44O4S/c1-19-14-16-20(17-15-19)35(32,33)21-18-29(24(31)34-28(11,12)13)22(25(2,3)4)23(26(5,6)7)30(21,29)27(8,9)10/h14-18H,1-13H3/t29-,30+/m0/s1. The van der Waals surface area contributed by atoms with E-state index in [2.05, 4.69) is 62.3 Å². The highest BCUT2D eigenvalue weighted by Crippen LogP contribution is 2.83. The largest absolute Gasteiger partial charge is 0.459 e. The van der Waals surface area contributed by atoms with Gasteiger partial charge in [0, 0.05) is 0 Å². The molecule has 0 aliphatic heterocycles. The van der Waals surface area contributed by atoms with Crippen molar-refractivity contribution in [2.24, 2.45) is 27.1 Å². The Kier molecular flexibility index (Phi) is 5.99. The van der Waals surface area contributed by atoms with Crippen LogP contribution >= 0.6 is 0 Å². The van der Waals surface area contributed by atoms with Crippen molar-refractivity contribution in [2.45, 2.75) is 101 Å². The van der Waals surface area contributed by atoms with E-state index >= 15 is 0 Å². The fourth-order valence-corrected chi connectivity index (χ4v) is 8.52. The highest BCUT2D eigenvalue weighted by Gasteiger charge is 2.83. The third kappa shape index (κ3) is 3.75. The van der Waals surface area contributed by atoms with E-state index in [1.165, 1.54) is 0 Å². The van der Waals surface area contributed by atoms with Crippen LogP contribution in [0, 0.1) is 34.0 Å². The molecule has 0 fully saturated rings. The number of aryl methyl sites for hydroxylation is 1. The molecule has 2 aliphatic carbocycles. The fraction of sp³-hybridized carbons (Fsp3) is 0.633. The fourth-order valence-electron chi connectivity index (χ4n) is 6.47. The van der Waals surface area contributed by atoms with E-state index in [9.17, 15) is 13.2 Å². The van der Waals surface area contributed by atoms with Gasteiger partial charge in [0.1, 0.15) is 11.0 Å². The van der Waals surface area contributed by atoms with Crippen molar-refractivity contribution < 1.29 is 17.9 Å². The Morgan fingerprint density at radius 1 is 0.771 bits per heavy atom. The topological polar surface area (TPSA) is 60.4 Å². The smallest absolute Gasteiger partial charge is 0.322 e. The van der Waals surface area contributed by atoms with E-state index in [4.69, 9.17) is 4.74 Å². The lowest BCUT2D eigenvalue weighted by atomic mass is 9.29. The molecule has 35 heavy (non-hydrogen) atoms. The number of ether oxygens (including phenoxy) is 1. The summed E-state index contributed by atoms with van der Waals surface area (Å²) in [5.74, 6) is -0.360. The van der Waals surface area contributed by atoms with Gasteiger partial charge in [-0.25, -0.2) is 8.42 Å². The molecule has 0 radical (unpaired) electrons. The summed E-state index contributed by atoms with van der Waals surface area (Å²) in [5, 5.41) is 0. The summed E-state index contributed by atoms with van der Waals surface area (Å²) in [6, 6.07) is 6.97. The summed E-state index contributed by atoms with van der Waals surface area (Å²) >= 11 is 0. The molecule has 4 nitrogen and oxygen atoms in total. The monoisotopic (exact) mass is 500 g/mol. The first-order valence-electron chi connectivity index (χ1n) is 12.5. The zero-order valence-electron chi connectivity index (χ0n) is 23.9. The molecule has 2 aliphatic rings. The molecule has 1 aromatic carbocycles. The lowest BCUT2D eigenvalue weighted by molar-refractivity contribution is -0.180. The number of rotatable bonds is 3. The molecule has 1 aromatic rings. The molecule has 0 unspecified atom stereocenters. The van der Waals surface area contributed by atoms with Gasteiger partial charge in [0.2, 0.25) is 9.84 Å². The minimum atomic E-state index is -3.85. The van der Waals surface area contributed by atoms with Gasteiger partial charge < -0.3 is 4.74 Å². The second kappa shape index (κ2) is 7.57. The Bertz CT molecular complexity index is 1220. The number of benzene rings is 1. The highest BCUT2D eigenvalue weighted by molar-refractivity contribution is 7.95. The molecule has 0 N–H and O–H groups in total. The number of sulfone groups is 1. The maximum absolute atomic E-state index is 14.2. The molecule has 2 atom stereocenters. The van der Waals surface area contributed by atoms with Gasteiger partial charge in [-0.2, -0.15) is 0 Å². The van der Waals surface area contributed by atoms with Crippen LogP contribution in [0.1, 0.15) is 88.6 Å². The van der Waals surface area contributed by atoms with Crippen molar-refractivity contribution in [3.63, 3.8) is 0 Å². The summed E-state index contributed by atoms with van der Waals surface area (Å²) in [5.41, 5.74) is -1.09. The van der Waals surface area contributed by atoms with Crippen LogP contribution in [-0.4, -0.2) is 20.0 Å². The summed E-state index contributed by atoms with van der Waals surface area (Å²) in [4.78, 5) is 14.7. The Hall–Kier alpha value is -1.88. The molecule has 0 saturated carbocycles. The third-order valence-corrected chi connectivity index (χ3v) is 9.19. The Balaban J connectivity index is 2.47. The lowest BCUT2D eigenvalue weighted by Gasteiger charge is -2.74. The highest BCUT2D eigenvalue weighted by atomic mass is 32.2. The SMILES string of the molecule is Cc1ccc(S(=O)(=O)C2=C[C@@]3(C(=O)OC(C)(C)C)C(C(C)(C)C)=C(C(C)(C)C)[C@@]23C(C)(C)C)cc1. The molecule has 194 valence electrons. The number of esters is 1. The van der Waals surface area contributed by atoms with E-state index in [1.807, 2.05) is 39.8 Å². The number of carbonyl (C=O) groups is 1. The molecular weight excluding hydrogens is 456 g/mol. The summed E-state index contributed by atoms with van der Waals surface area (Å²) < 4.78 is 34.4. The van der Waals surface area contributed by atoms with Gasteiger partial charge in [0.05, 0.1) is 15.2 Å². The van der Waals surface area contributed by atoms with Crippen LogP contribution in [-0.2, 0) is 19.4 Å². The number of carbonyl (C=O) groups excluding carboxylic acids is 1. The second-order valence-electron chi connectivity index (χ2n) is 14.4. The van der Waals surface area contributed by atoms with E-state index in [-0.39, 0.29) is 21.7 Å². The summed E-state index contributed by atoms with van der Waals surface area (Å²) in [6.07, 6.45) is 1.72. The van der Waals surface area contributed by atoms with Gasteiger partial charge in [-0.05, 0) is 73.3 Å². The first kappa shape index (κ1) is 27.7. The quantitative estimate of drug-likeness (QED) is 0.320. The Labute approximate surface area is 213 Å². The first-order valence-corrected chi connectivity index (χ1v) is 14.0. The molecule has 0 spiro atoms. The molecular formula is C30H44O4S. The minimum absolute atomic E-state index is 0.258. The molecule has 0 heterocycles. The van der Waals surface area contributed by atoms with Gasteiger partial charge in [-0.3, -0.25) is 4.79 Å². The van der Waals surface area contributed by atoms with E-state index in [0.29, 0.717) is 4.91 Å². The predicted molar refractivity (Wildman–Crippen MR) is 143 cm³/mol. The van der Waals surface area contributed by atoms with Gasteiger partial charge in [0.25, 0.3) is 0 Å². The van der Waals surface area contributed by atoms with Crippen LogP contribution < -0.4 is 0 Å². The van der Waals surface area contributed by atoms with Crippen molar-refractivity contribution >= 4 is 15.8 Å². The van der Waals surface area contributed by atoms with E-state index in [0.717, 1.165) is 16.7 Å². The molecule has 3 rings (SSSR count). The van der Waals surface area contributed by atoms with Crippen molar-refractivity contribution in [2.75, 3.05) is 0 Å². The van der Waals surface area contributed by atoms with Crippen LogP contribution in [0.5, 0.6) is 0 Å². The molecule has 0 aromatic heterocycles. The zero-order valence-corrected chi connectivity index (χ0v) is 24.7. The maximum atomic E-state index is 14.2. The normalized spacial score (nSPS) is 25.3. The molecule has 0 saturated heterocycles. The average Bonchev–Trinajstić information content (AvgIpc) is 2.58. The number of hydrogen-bond acceptors (Lipinski definition) is 4. The number of fused-ring (bicyclic) bond motifs is 1. The minimum Gasteiger partial charge on any atom is -0.459 e. The van der Waals surface area contributed by atoms with Gasteiger partial charge in [0.15, 0.2) is 0 Å². The van der Waals surface area contributed by atoms with E-state index < -0.39 is 31.7 Å². The van der Waals surface area contributed by atoms with Crippen molar-refractivity contribution in [3.05, 3.63) is 52.0 Å². The number of hydrogen-bond donors (Lipinski definition) is 0. The molecule has 0 bridgehead atoms. The third-order valence-electron chi connectivity index (χ3n) is 7.29. The van der Waals surface area contributed by atoms with Crippen molar-refractivity contribution in [3.8, 4) is 0 Å². The van der Waals surface area contributed by atoms with Crippen LogP contribution in [0.2, 0.25) is 0 Å². The van der Waals surface area contributed by atoms with Crippen LogP contribution in [0.15, 0.2) is 51.3 Å². The number of allylic oxidation sites excluding steroid dienone is 2. The van der Waals surface area contributed by atoms with Gasteiger partial charge in [-0.15, -0.1) is 0 Å². The Morgan fingerprint density at radius 3 is 1.60 bits per heavy atom. The Morgan fingerprint density at radius 2 is 1.23 bits per heavy atom. The van der Waals surface area contributed by atoms with Crippen molar-refractivity contribution in [1.82, 2.24) is 0 Å². The first-order chi connectivity index (χ1) is 15.5. The molecule has 0 amide bonds. The lowest BCUT2D eigenvalue weighted by Crippen LogP contribution is -2.73. The van der Waals surface area contributed by atoms with Crippen LogP contribution in [0.4, 0.5) is 0 Å². The van der Waals surface area contributed by atoms with Gasteiger partial charge in [-0.1, -0.05) is 80.0 Å². The maximum Gasteiger partial charge on any atom is 0.322 e. The average molecular weight is 501 g/mol. The second-order valence-corrected chi connectivity index (χ2v) is 16.3. The predicted octanol–water partition coefficient (Wildman–Crippen LogP) is 7.43. The summed E-state index contributed by atoms with van der Waals surface area (Å²) in [7, 11) is -3.85. The van der Waals surface area contributed by atoms with Crippen molar-refractivity contribution in [1.29, 1.82) is 0 Å². The molecule has 5 heteroatoms. The van der Waals surface area contributed by atoms with Crippen LogP contribution in [0.25, 0.3) is 0 Å². The van der Waals surface area contributed by atoms with Gasteiger partial charge >= 0.3 is 5.97 Å². The zero-order chi connectivity index (χ0) is 27.2. The van der Waals surface area contributed by atoms with E-state index in [1.54, 1.807) is 18.2 Å². The summed E-state index contributed by atoms with van der Waals surface area (Å²) in [6.45, 7) is 26.3. The van der Waals surface area contributed by atoms with Crippen LogP contribution in [0.3, 0.4) is 0 Å².